The van der Waals surface area contributed by atoms with Crippen molar-refractivity contribution in [2.24, 2.45) is 0 Å². The van der Waals surface area contributed by atoms with Crippen molar-refractivity contribution >= 4 is 23.1 Å². The van der Waals surface area contributed by atoms with E-state index in [0.717, 1.165) is 0 Å². The second-order valence-electron chi connectivity index (χ2n) is 2.67. The third-order valence-electron chi connectivity index (χ3n) is 1.37. The molecule has 0 heterocycles. The summed E-state index contributed by atoms with van der Waals surface area (Å²) in [5.41, 5.74) is 4.06. The molecular weight excluding hydrogens is 132 g/mol. The summed E-state index contributed by atoms with van der Waals surface area (Å²) in [7, 11) is 0. The summed E-state index contributed by atoms with van der Waals surface area (Å²) in [4.78, 5) is 0. The molecule has 1 rings (SSSR count). The molecule has 0 N–H and O–H groups in total. The van der Waals surface area contributed by atoms with Crippen LogP contribution in [-0.2, 0) is 0 Å². The Bertz CT molecular complexity index is 173. The van der Waals surface area contributed by atoms with Crippen molar-refractivity contribution in [2.75, 3.05) is 0 Å². The molecule has 10 heavy (non-hydrogen) atoms. The number of aryl methyl sites for hydroxylation is 3. The third kappa shape index (κ3) is 2.71. The van der Waals surface area contributed by atoms with Gasteiger partial charge < -0.3 is 2.85 Å². The summed E-state index contributed by atoms with van der Waals surface area (Å²) in [6.07, 6.45) is 0. The maximum absolute atomic E-state index is 2.19. The molecule has 0 saturated heterocycles. The van der Waals surface area contributed by atoms with E-state index in [9.17, 15) is 0 Å². The molecule has 0 aliphatic carbocycles. The monoisotopic (exact) mass is 146 g/mol. The predicted octanol–water partition coefficient (Wildman–Crippen LogP) is 2.46. The first-order valence-corrected chi connectivity index (χ1v) is 3.23. The normalized spacial score (nSPS) is 8.70. The topological polar surface area (TPSA) is 0 Å². The second-order valence-corrected chi connectivity index (χ2v) is 2.67. The Hall–Kier alpha value is -0.0138. The van der Waals surface area contributed by atoms with Crippen LogP contribution in [0.15, 0.2) is 18.2 Å². The van der Waals surface area contributed by atoms with Crippen molar-refractivity contribution in [1.82, 2.24) is 0 Å². The van der Waals surface area contributed by atoms with Crippen molar-refractivity contribution in [2.45, 2.75) is 20.8 Å². The van der Waals surface area contributed by atoms with Crippen molar-refractivity contribution in [3.05, 3.63) is 34.9 Å². The molecule has 52 valence electrons. The van der Waals surface area contributed by atoms with E-state index in [1.54, 1.807) is 0 Å². The standard InChI is InChI=1S/C9H12.Mg.2H/c1-7-4-8(2)6-9(3)5-7;;;/h4-6H,1-3H3;;;/q;+2;2*-1. The Morgan fingerprint density at radius 3 is 1.20 bits per heavy atom. The first-order valence-electron chi connectivity index (χ1n) is 3.23. The minimum absolute atomic E-state index is 0. The van der Waals surface area contributed by atoms with Crippen molar-refractivity contribution in [3.8, 4) is 0 Å². The fourth-order valence-electron chi connectivity index (χ4n) is 1.20. The van der Waals surface area contributed by atoms with Crippen molar-refractivity contribution < 1.29 is 2.85 Å². The molecule has 1 heteroatoms. The summed E-state index contributed by atoms with van der Waals surface area (Å²) in [5, 5.41) is 0. The van der Waals surface area contributed by atoms with Crippen molar-refractivity contribution in [3.63, 3.8) is 0 Å². The third-order valence-corrected chi connectivity index (χ3v) is 1.37. The van der Waals surface area contributed by atoms with E-state index >= 15 is 0 Å². The molecule has 0 aromatic heterocycles. The predicted molar refractivity (Wildman–Crippen MR) is 48.6 cm³/mol. The number of rotatable bonds is 0. The molecule has 0 unspecified atom stereocenters. The average molecular weight is 147 g/mol. The molecule has 0 bridgehead atoms. The minimum Gasteiger partial charge on any atom is -1.00 e. The van der Waals surface area contributed by atoms with Gasteiger partial charge in [0.1, 0.15) is 0 Å². The van der Waals surface area contributed by atoms with Crippen molar-refractivity contribution in [1.29, 1.82) is 0 Å². The van der Waals surface area contributed by atoms with Crippen LogP contribution >= 0.6 is 0 Å². The van der Waals surface area contributed by atoms with Gasteiger partial charge in [0.2, 0.25) is 0 Å². The molecule has 0 saturated carbocycles. The molecular formula is C9H14Mg. The molecule has 1 aromatic rings. The fourth-order valence-corrected chi connectivity index (χ4v) is 1.20. The summed E-state index contributed by atoms with van der Waals surface area (Å²) in [6.45, 7) is 6.38. The van der Waals surface area contributed by atoms with Gasteiger partial charge in [-0.2, -0.15) is 0 Å². The van der Waals surface area contributed by atoms with E-state index in [1.807, 2.05) is 0 Å². The van der Waals surface area contributed by atoms with Gasteiger partial charge in [-0.15, -0.1) is 0 Å². The molecule has 0 fully saturated rings. The van der Waals surface area contributed by atoms with Crippen LogP contribution in [0.3, 0.4) is 0 Å². The maximum Gasteiger partial charge on any atom is 2.00 e. The first-order chi connectivity index (χ1) is 4.18. The van der Waals surface area contributed by atoms with Gasteiger partial charge in [0.05, 0.1) is 0 Å². The van der Waals surface area contributed by atoms with E-state index in [1.165, 1.54) is 16.7 Å². The van der Waals surface area contributed by atoms with E-state index in [2.05, 4.69) is 39.0 Å². The molecule has 0 aliphatic rings. The quantitative estimate of drug-likeness (QED) is 0.493. The van der Waals surface area contributed by atoms with Gasteiger partial charge in [0.25, 0.3) is 0 Å². The van der Waals surface area contributed by atoms with Crippen LogP contribution < -0.4 is 0 Å². The molecule has 0 nitrogen and oxygen atoms in total. The van der Waals surface area contributed by atoms with Crippen LogP contribution in [0.4, 0.5) is 0 Å². The van der Waals surface area contributed by atoms with Gasteiger partial charge in [-0.25, -0.2) is 0 Å². The zero-order chi connectivity index (χ0) is 6.85. The fraction of sp³-hybridized carbons (Fsp3) is 0.333. The molecule has 0 atom stereocenters. The Morgan fingerprint density at radius 2 is 1.00 bits per heavy atom. The Balaban J connectivity index is -0.000000270. The summed E-state index contributed by atoms with van der Waals surface area (Å²) in [6, 6.07) is 6.56. The van der Waals surface area contributed by atoms with Gasteiger partial charge in [0, 0.05) is 0 Å². The Morgan fingerprint density at radius 1 is 0.800 bits per heavy atom. The minimum atomic E-state index is 0. The first kappa shape index (κ1) is 9.99. The summed E-state index contributed by atoms with van der Waals surface area (Å²) in [5.74, 6) is 0. The number of benzene rings is 1. The van der Waals surface area contributed by atoms with Crippen LogP contribution in [0.2, 0.25) is 0 Å². The van der Waals surface area contributed by atoms with E-state index in [0.29, 0.717) is 0 Å². The van der Waals surface area contributed by atoms with Crippen LogP contribution in [0, 0.1) is 20.8 Å². The van der Waals surface area contributed by atoms with E-state index < -0.39 is 0 Å². The second kappa shape index (κ2) is 3.99. The van der Waals surface area contributed by atoms with Gasteiger partial charge in [0.15, 0.2) is 0 Å². The molecule has 0 amide bonds. The van der Waals surface area contributed by atoms with Gasteiger partial charge >= 0.3 is 23.1 Å². The molecule has 1 aromatic carbocycles. The molecule has 0 aliphatic heterocycles. The summed E-state index contributed by atoms with van der Waals surface area (Å²) < 4.78 is 0. The van der Waals surface area contributed by atoms with Gasteiger partial charge in [-0.1, -0.05) is 34.9 Å². The van der Waals surface area contributed by atoms with Crippen LogP contribution in [0.25, 0.3) is 0 Å². The van der Waals surface area contributed by atoms with Crippen LogP contribution in [0.1, 0.15) is 19.5 Å². The number of hydrogen-bond donors (Lipinski definition) is 0. The number of hydrogen-bond acceptors (Lipinski definition) is 0. The zero-order valence-electron chi connectivity index (χ0n) is 8.94. The SMILES string of the molecule is Cc1cc(C)cc(C)c1.[H-].[H-].[Mg+2]. The Labute approximate surface area is 81.8 Å². The van der Waals surface area contributed by atoms with Gasteiger partial charge in [-0.3, -0.25) is 0 Å². The van der Waals surface area contributed by atoms with Gasteiger partial charge in [-0.05, 0) is 20.8 Å². The molecule has 0 spiro atoms. The smallest absolute Gasteiger partial charge is 1.00 e. The van der Waals surface area contributed by atoms with Crippen LogP contribution in [0.5, 0.6) is 0 Å². The largest absolute Gasteiger partial charge is 2.00 e. The average Bonchev–Trinajstić information content (AvgIpc) is 1.59. The molecule has 0 radical (unpaired) electrons. The van der Waals surface area contributed by atoms with Crippen LogP contribution in [-0.4, -0.2) is 23.1 Å². The zero-order valence-corrected chi connectivity index (χ0v) is 8.35. The Kier molecular flexibility index (Phi) is 3.98. The van der Waals surface area contributed by atoms with E-state index in [-0.39, 0.29) is 25.9 Å². The maximum atomic E-state index is 2.19. The van der Waals surface area contributed by atoms with E-state index in [4.69, 9.17) is 0 Å². The summed E-state index contributed by atoms with van der Waals surface area (Å²) >= 11 is 0.